The maximum atomic E-state index is 12.7. The number of carbonyl (C=O) groups is 2. The summed E-state index contributed by atoms with van der Waals surface area (Å²) in [5.41, 5.74) is 6.74. The molecule has 0 unspecified atom stereocenters. The minimum atomic E-state index is -0.384. The number of hydrogen-bond acceptors (Lipinski definition) is 8. The summed E-state index contributed by atoms with van der Waals surface area (Å²) in [4.78, 5) is 29.7. The first-order valence-electron chi connectivity index (χ1n) is 13.7. The molecule has 5 aromatic rings. The molecule has 4 aromatic carbocycles. The fourth-order valence-electron chi connectivity index (χ4n) is 4.06. The van der Waals surface area contributed by atoms with Crippen molar-refractivity contribution in [3.8, 4) is 22.8 Å². The number of benzene rings is 4. The molecule has 0 bridgehead atoms. The van der Waals surface area contributed by atoms with E-state index in [1.54, 1.807) is 48.5 Å². The van der Waals surface area contributed by atoms with Crippen molar-refractivity contribution < 1.29 is 19.1 Å². The third-order valence-electron chi connectivity index (χ3n) is 6.16. The van der Waals surface area contributed by atoms with Crippen LogP contribution in [0.3, 0.4) is 0 Å². The number of rotatable bonds is 12. The lowest BCUT2D eigenvalue weighted by molar-refractivity contribution is -0.118. The van der Waals surface area contributed by atoms with E-state index in [4.69, 9.17) is 32.7 Å². The van der Waals surface area contributed by atoms with E-state index in [9.17, 15) is 9.59 Å². The Morgan fingerprint density at radius 3 is 2.42 bits per heavy atom. The van der Waals surface area contributed by atoms with E-state index in [1.807, 2.05) is 54.8 Å². The Balaban J connectivity index is 1.17. The second-order valence-corrected chi connectivity index (χ2v) is 11.1. The van der Waals surface area contributed by atoms with Gasteiger partial charge in [-0.05, 0) is 73.2 Å². The van der Waals surface area contributed by atoms with Crippen LogP contribution in [-0.4, -0.2) is 36.2 Å². The zero-order chi connectivity index (χ0) is 31.6. The van der Waals surface area contributed by atoms with Crippen molar-refractivity contribution in [3.63, 3.8) is 0 Å². The number of carbonyl (C=O) groups excluding carboxylic acids is 2. The Hall–Kier alpha value is -4.90. The number of halogens is 2. The number of nitrogens with one attached hydrogen (secondary N) is 3. The second kappa shape index (κ2) is 15.2. The van der Waals surface area contributed by atoms with Gasteiger partial charge in [-0.1, -0.05) is 53.5 Å². The Morgan fingerprint density at radius 2 is 1.69 bits per heavy atom. The summed E-state index contributed by atoms with van der Waals surface area (Å²) in [7, 11) is 0. The largest absolute Gasteiger partial charge is 0.490 e. The van der Waals surface area contributed by atoms with Gasteiger partial charge in [0.05, 0.1) is 23.5 Å². The minimum Gasteiger partial charge on any atom is -0.490 e. The number of amides is 2. The third kappa shape index (κ3) is 8.82. The second-order valence-electron chi connectivity index (χ2n) is 9.41. The van der Waals surface area contributed by atoms with Gasteiger partial charge in [0, 0.05) is 32.9 Å². The van der Waals surface area contributed by atoms with Crippen LogP contribution in [0.2, 0.25) is 10.0 Å². The van der Waals surface area contributed by atoms with E-state index in [1.165, 1.54) is 17.6 Å². The highest BCUT2D eigenvalue weighted by atomic mass is 35.5. The molecule has 0 aliphatic carbocycles. The summed E-state index contributed by atoms with van der Waals surface area (Å²) in [5.74, 6) is -0.218. The smallest absolute Gasteiger partial charge is 0.271 e. The predicted molar refractivity (Wildman–Crippen MR) is 181 cm³/mol. The summed E-state index contributed by atoms with van der Waals surface area (Å²) in [6.07, 6.45) is 1.44. The molecule has 0 aliphatic heterocycles. The molecule has 0 saturated carbocycles. The van der Waals surface area contributed by atoms with Crippen LogP contribution in [0.1, 0.15) is 22.8 Å². The summed E-state index contributed by atoms with van der Waals surface area (Å²) in [6, 6.07) is 26.9. The van der Waals surface area contributed by atoms with Crippen LogP contribution in [0.4, 0.5) is 16.5 Å². The van der Waals surface area contributed by atoms with E-state index in [0.717, 1.165) is 22.1 Å². The van der Waals surface area contributed by atoms with Crippen molar-refractivity contribution in [2.45, 2.75) is 6.92 Å². The van der Waals surface area contributed by atoms with Crippen LogP contribution < -0.4 is 25.5 Å². The van der Waals surface area contributed by atoms with Crippen molar-refractivity contribution in [2.24, 2.45) is 5.10 Å². The lowest BCUT2D eigenvalue weighted by Gasteiger charge is -2.14. The van der Waals surface area contributed by atoms with Gasteiger partial charge in [0.15, 0.2) is 23.2 Å². The van der Waals surface area contributed by atoms with E-state index < -0.39 is 0 Å². The number of aromatic nitrogens is 1. The predicted octanol–water partition coefficient (Wildman–Crippen LogP) is 8.04. The number of hydrazone groups is 1. The van der Waals surface area contributed by atoms with Crippen LogP contribution in [0.5, 0.6) is 11.5 Å². The number of hydrogen-bond donors (Lipinski definition) is 3. The third-order valence-corrected chi connectivity index (χ3v) is 7.45. The molecule has 12 heteroatoms. The van der Waals surface area contributed by atoms with Crippen LogP contribution in [-0.2, 0) is 4.79 Å². The Bertz CT molecular complexity index is 1800. The van der Waals surface area contributed by atoms with Gasteiger partial charge < -0.3 is 20.1 Å². The minimum absolute atomic E-state index is 0.216. The quantitative estimate of drug-likeness (QED) is 0.0922. The molecule has 9 nitrogen and oxygen atoms in total. The molecule has 1 aromatic heterocycles. The fraction of sp³-hybridized carbons (Fsp3) is 0.0909. The molecule has 1 heterocycles. The van der Waals surface area contributed by atoms with Crippen molar-refractivity contribution in [1.82, 2.24) is 10.4 Å². The van der Waals surface area contributed by atoms with Gasteiger partial charge in [-0.15, -0.1) is 11.3 Å². The highest BCUT2D eigenvalue weighted by Crippen LogP contribution is 2.36. The molecule has 0 saturated heterocycles. The first-order valence-corrected chi connectivity index (χ1v) is 15.4. The number of ether oxygens (including phenoxy) is 2. The number of nitrogens with zero attached hydrogens (tertiary/aromatic N) is 2. The summed E-state index contributed by atoms with van der Waals surface area (Å²) >= 11 is 13.9. The summed E-state index contributed by atoms with van der Waals surface area (Å²) in [5, 5.41) is 13.6. The van der Waals surface area contributed by atoms with E-state index in [0.29, 0.717) is 34.2 Å². The standard InChI is InChI=1S/C33H27Cl2N5O4S/c1-2-43-29-17-21(16-27(35)31(29)44-19-30(41)37-26-14-12-24(34)13-15-26)18-36-40-32(42)23-10-8-22(9-11-23)28-20-45-33(39-28)38-25-6-4-3-5-7-25/h3-18,20H,2,19H2,1H3,(H,37,41)(H,38,39)(H,40,42)/b36-18+. The van der Waals surface area contributed by atoms with Crippen molar-refractivity contribution >= 4 is 69.1 Å². The molecule has 0 atom stereocenters. The molecule has 2 amide bonds. The zero-order valence-electron chi connectivity index (χ0n) is 23.9. The zero-order valence-corrected chi connectivity index (χ0v) is 26.2. The van der Waals surface area contributed by atoms with Gasteiger partial charge in [0.1, 0.15) is 0 Å². The van der Waals surface area contributed by atoms with Gasteiger partial charge in [0.25, 0.3) is 11.8 Å². The first-order chi connectivity index (χ1) is 21.9. The Kier molecular flexibility index (Phi) is 10.7. The number of anilines is 3. The molecule has 5 rings (SSSR count). The summed E-state index contributed by atoms with van der Waals surface area (Å²) < 4.78 is 11.4. The van der Waals surface area contributed by atoms with Gasteiger partial charge in [-0.2, -0.15) is 5.10 Å². The highest BCUT2D eigenvalue weighted by molar-refractivity contribution is 7.14. The molecule has 0 radical (unpaired) electrons. The molecule has 228 valence electrons. The molecule has 45 heavy (non-hydrogen) atoms. The van der Waals surface area contributed by atoms with Crippen molar-refractivity contribution in [1.29, 1.82) is 0 Å². The Morgan fingerprint density at radius 1 is 0.933 bits per heavy atom. The lowest BCUT2D eigenvalue weighted by atomic mass is 10.1. The molecule has 0 aliphatic rings. The number of thiazole rings is 1. The normalized spacial score (nSPS) is 10.8. The van der Waals surface area contributed by atoms with Crippen molar-refractivity contribution in [2.75, 3.05) is 23.8 Å². The van der Waals surface area contributed by atoms with Crippen LogP contribution >= 0.6 is 34.5 Å². The highest BCUT2D eigenvalue weighted by Gasteiger charge is 2.15. The maximum Gasteiger partial charge on any atom is 0.271 e. The van der Waals surface area contributed by atoms with Gasteiger partial charge in [-0.25, -0.2) is 10.4 Å². The molecule has 0 fully saturated rings. The Labute approximate surface area is 273 Å². The van der Waals surface area contributed by atoms with Gasteiger partial charge >= 0.3 is 0 Å². The number of para-hydroxylation sites is 1. The molecule has 3 N–H and O–H groups in total. The SMILES string of the molecule is CCOc1cc(/C=N/NC(=O)c2ccc(-c3csc(Nc4ccccc4)n3)cc2)cc(Cl)c1OCC(=O)Nc1ccc(Cl)cc1. The van der Waals surface area contributed by atoms with Crippen LogP contribution in [0.25, 0.3) is 11.3 Å². The monoisotopic (exact) mass is 659 g/mol. The summed E-state index contributed by atoms with van der Waals surface area (Å²) in [6.45, 7) is 1.85. The average Bonchev–Trinajstić information content (AvgIpc) is 3.51. The van der Waals surface area contributed by atoms with Crippen LogP contribution in [0.15, 0.2) is 101 Å². The van der Waals surface area contributed by atoms with E-state index in [-0.39, 0.29) is 29.2 Å². The van der Waals surface area contributed by atoms with Gasteiger partial charge in [-0.3, -0.25) is 9.59 Å². The fourth-order valence-corrected chi connectivity index (χ4v) is 5.20. The lowest BCUT2D eigenvalue weighted by Crippen LogP contribution is -2.20. The van der Waals surface area contributed by atoms with E-state index in [2.05, 4.69) is 26.1 Å². The van der Waals surface area contributed by atoms with Crippen LogP contribution in [0, 0.1) is 0 Å². The first kappa shape index (κ1) is 31.5. The molecular formula is C33H27Cl2N5O4S. The van der Waals surface area contributed by atoms with Crippen molar-refractivity contribution in [3.05, 3.63) is 118 Å². The average molecular weight is 661 g/mol. The van der Waals surface area contributed by atoms with Gasteiger partial charge in [0.2, 0.25) is 0 Å². The maximum absolute atomic E-state index is 12.7. The molecular weight excluding hydrogens is 633 g/mol. The topological polar surface area (TPSA) is 114 Å². The van der Waals surface area contributed by atoms with E-state index >= 15 is 0 Å². The molecule has 0 spiro atoms.